The Balaban J connectivity index is 1.91. The van der Waals surface area contributed by atoms with Gasteiger partial charge in [0.05, 0.1) is 12.5 Å². The summed E-state index contributed by atoms with van der Waals surface area (Å²) < 4.78 is 5.48. The molecule has 0 saturated heterocycles. The van der Waals surface area contributed by atoms with E-state index in [0.717, 1.165) is 25.3 Å². The maximum Gasteiger partial charge on any atom is 0.313 e. The molecule has 0 bridgehead atoms. The number of ether oxygens (including phenoxy) is 1. The van der Waals surface area contributed by atoms with Crippen molar-refractivity contribution in [2.75, 3.05) is 6.61 Å². The lowest BCUT2D eigenvalue weighted by Crippen LogP contribution is -2.25. The molecule has 1 heterocycles. The Labute approximate surface area is 114 Å². The lowest BCUT2D eigenvalue weighted by atomic mass is 9.88. The SMILES string of the molecule is C[Si](C)(C)CCOC(=O)C1CCCc2sccc21. The maximum atomic E-state index is 12.1. The van der Waals surface area contributed by atoms with Crippen LogP contribution in [0, 0.1) is 0 Å². The van der Waals surface area contributed by atoms with Crippen molar-refractivity contribution in [2.45, 2.75) is 50.9 Å². The largest absolute Gasteiger partial charge is 0.466 e. The molecule has 1 aliphatic rings. The number of esters is 1. The number of fused-ring (bicyclic) bond motifs is 1. The molecule has 1 aliphatic carbocycles. The third kappa shape index (κ3) is 3.45. The van der Waals surface area contributed by atoms with Crippen molar-refractivity contribution in [1.82, 2.24) is 0 Å². The Hall–Kier alpha value is -0.613. The Bertz CT molecular complexity index is 420. The van der Waals surface area contributed by atoms with Gasteiger partial charge in [-0.2, -0.15) is 0 Å². The molecule has 1 unspecified atom stereocenters. The van der Waals surface area contributed by atoms with Crippen molar-refractivity contribution < 1.29 is 9.53 Å². The molecule has 1 aromatic heterocycles. The summed E-state index contributed by atoms with van der Waals surface area (Å²) in [5.74, 6) is -0.00534. The van der Waals surface area contributed by atoms with Crippen molar-refractivity contribution in [2.24, 2.45) is 0 Å². The summed E-state index contributed by atoms with van der Waals surface area (Å²) in [6.45, 7) is 7.51. The number of hydrogen-bond donors (Lipinski definition) is 0. The van der Waals surface area contributed by atoms with Gasteiger partial charge in [0.15, 0.2) is 0 Å². The first-order valence-electron chi connectivity index (χ1n) is 6.70. The zero-order valence-corrected chi connectivity index (χ0v) is 13.3. The van der Waals surface area contributed by atoms with E-state index in [9.17, 15) is 4.79 Å². The number of carbonyl (C=O) groups is 1. The van der Waals surface area contributed by atoms with E-state index in [1.807, 2.05) is 0 Å². The lowest BCUT2D eigenvalue weighted by molar-refractivity contribution is -0.145. The van der Waals surface area contributed by atoms with E-state index >= 15 is 0 Å². The van der Waals surface area contributed by atoms with E-state index in [-0.39, 0.29) is 11.9 Å². The van der Waals surface area contributed by atoms with E-state index in [1.54, 1.807) is 11.3 Å². The molecule has 0 spiro atoms. The van der Waals surface area contributed by atoms with Gasteiger partial charge in [-0.25, -0.2) is 0 Å². The average Bonchev–Trinajstić information content (AvgIpc) is 2.74. The van der Waals surface area contributed by atoms with Crippen LogP contribution < -0.4 is 0 Å². The summed E-state index contributed by atoms with van der Waals surface area (Å²) in [6, 6.07) is 3.16. The van der Waals surface area contributed by atoms with Crippen molar-refractivity contribution in [3.8, 4) is 0 Å². The fraction of sp³-hybridized carbons (Fsp3) is 0.643. The summed E-state index contributed by atoms with van der Waals surface area (Å²) in [5.41, 5.74) is 1.23. The number of aryl methyl sites for hydroxylation is 1. The van der Waals surface area contributed by atoms with Crippen LogP contribution in [0.15, 0.2) is 11.4 Å². The highest BCUT2D eigenvalue weighted by molar-refractivity contribution is 7.10. The molecule has 2 rings (SSSR count). The van der Waals surface area contributed by atoms with Crippen LogP contribution in [0.25, 0.3) is 0 Å². The molecule has 0 amide bonds. The van der Waals surface area contributed by atoms with Crippen LogP contribution in [-0.2, 0) is 16.0 Å². The molecule has 100 valence electrons. The monoisotopic (exact) mass is 282 g/mol. The van der Waals surface area contributed by atoms with Gasteiger partial charge in [0.1, 0.15) is 0 Å². The zero-order chi connectivity index (χ0) is 13.2. The molecule has 0 aliphatic heterocycles. The number of hydrogen-bond acceptors (Lipinski definition) is 3. The quantitative estimate of drug-likeness (QED) is 0.615. The lowest BCUT2D eigenvalue weighted by Gasteiger charge is -2.22. The van der Waals surface area contributed by atoms with Crippen molar-refractivity contribution in [1.29, 1.82) is 0 Å². The molecule has 0 N–H and O–H groups in total. The van der Waals surface area contributed by atoms with Crippen LogP contribution in [0.5, 0.6) is 0 Å². The minimum atomic E-state index is -1.11. The van der Waals surface area contributed by atoms with Crippen molar-refractivity contribution in [3.63, 3.8) is 0 Å². The fourth-order valence-electron chi connectivity index (χ4n) is 2.29. The van der Waals surface area contributed by atoms with Gasteiger partial charge in [-0.3, -0.25) is 4.79 Å². The molecule has 0 aromatic carbocycles. The molecule has 0 radical (unpaired) electrons. The van der Waals surface area contributed by atoms with Crippen LogP contribution in [0.1, 0.15) is 29.2 Å². The topological polar surface area (TPSA) is 26.3 Å². The fourth-order valence-corrected chi connectivity index (χ4v) is 3.99. The zero-order valence-electron chi connectivity index (χ0n) is 11.5. The van der Waals surface area contributed by atoms with Crippen molar-refractivity contribution in [3.05, 3.63) is 21.9 Å². The molecule has 4 heteroatoms. The second kappa shape index (κ2) is 5.57. The van der Waals surface area contributed by atoms with Crippen molar-refractivity contribution >= 4 is 25.4 Å². The van der Waals surface area contributed by atoms with Gasteiger partial charge in [0, 0.05) is 13.0 Å². The molecule has 1 aromatic rings. The Morgan fingerprint density at radius 1 is 1.50 bits per heavy atom. The molecule has 0 fully saturated rings. The summed E-state index contributed by atoms with van der Waals surface area (Å²) in [4.78, 5) is 13.5. The van der Waals surface area contributed by atoms with E-state index in [4.69, 9.17) is 4.74 Å². The van der Waals surface area contributed by atoms with E-state index in [2.05, 4.69) is 31.1 Å². The summed E-state index contributed by atoms with van der Waals surface area (Å²) in [6.07, 6.45) is 3.20. The third-order valence-corrected chi connectivity index (χ3v) is 6.13. The van der Waals surface area contributed by atoms with E-state index < -0.39 is 8.07 Å². The Morgan fingerprint density at radius 3 is 3.00 bits per heavy atom. The van der Waals surface area contributed by atoms with Gasteiger partial charge >= 0.3 is 5.97 Å². The van der Waals surface area contributed by atoms with Gasteiger partial charge in [-0.15, -0.1) is 11.3 Å². The van der Waals surface area contributed by atoms with Gasteiger partial charge in [-0.1, -0.05) is 19.6 Å². The van der Waals surface area contributed by atoms with Gasteiger partial charge in [0.25, 0.3) is 0 Å². The van der Waals surface area contributed by atoms with Crippen LogP contribution in [0.2, 0.25) is 25.7 Å². The highest BCUT2D eigenvalue weighted by Gasteiger charge is 2.28. The molecular formula is C14H22O2SSi. The Morgan fingerprint density at radius 2 is 2.28 bits per heavy atom. The van der Waals surface area contributed by atoms with Gasteiger partial charge in [0.2, 0.25) is 0 Å². The maximum absolute atomic E-state index is 12.1. The standard InChI is InChI=1S/C14H22O2SSi/c1-18(2,3)10-8-16-14(15)12-5-4-6-13-11(12)7-9-17-13/h7,9,12H,4-6,8,10H2,1-3H3. The number of thiophene rings is 1. The minimum Gasteiger partial charge on any atom is -0.466 e. The molecule has 2 nitrogen and oxygen atoms in total. The van der Waals surface area contributed by atoms with Crippen LogP contribution >= 0.6 is 11.3 Å². The highest BCUT2D eigenvalue weighted by atomic mass is 32.1. The minimum absolute atomic E-state index is 0.00151. The van der Waals surface area contributed by atoms with Gasteiger partial charge in [-0.05, 0) is 42.3 Å². The second-order valence-corrected chi connectivity index (χ2v) is 12.8. The first-order valence-corrected chi connectivity index (χ1v) is 11.3. The first kappa shape index (κ1) is 13.8. The van der Waals surface area contributed by atoms with E-state index in [0.29, 0.717) is 6.61 Å². The van der Waals surface area contributed by atoms with E-state index in [1.165, 1.54) is 10.4 Å². The Kier molecular flexibility index (Phi) is 4.28. The third-order valence-electron chi connectivity index (χ3n) is 3.43. The average molecular weight is 282 g/mol. The van der Waals surface area contributed by atoms with Crippen LogP contribution in [-0.4, -0.2) is 20.7 Å². The second-order valence-electron chi connectivity index (χ2n) is 6.22. The predicted molar refractivity (Wildman–Crippen MR) is 79.1 cm³/mol. The predicted octanol–water partition coefficient (Wildman–Crippen LogP) is 4.05. The molecular weight excluding hydrogens is 260 g/mol. The van der Waals surface area contributed by atoms with Crippen LogP contribution in [0.3, 0.4) is 0 Å². The summed E-state index contributed by atoms with van der Waals surface area (Å²) in [5, 5.41) is 2.10. The summed E-state index contributed by atoms with van der Waals surface area (Å²) >= 11 is 1.77. The number of rotatable bonds is 4. The number of carbonyl (C=O) groups excluding carboxylic acids is 1. The first-order chi connectivity index (χ1) is 8.47. The summed E-state index contributed by atoms with van der Waals surface area (Å²) in [7, 11) is -1.11. The van der Waals surface area contributed by atoms with Gasteiger partial charge < -0.3 is 4.74 Å². The highest BCUT2D eigenvalue weighted by Crippen LogP contribution is 2.35. The molecule has 18 heavy (non-hydrogen) atoms. The molecule has 1 atom stereocenters. The van der Waals surface area contributed by atoms with Crippen LogP contribution in [0.4, 0.5) is 0 Å². The molecule has 0 saturated carbocycles. The smallest absolute Gasteiger partial charge is 0.313 e. The normalized spacial score (nSPS) is 19.4.